The minimum atomic E-state index is -0.445. The van der Waals surface area contributed by atoms with E-state index in [9.17, 15) is 14.4 Å². The molecule has 138 valence electrons. The lowest BCUT2D eigenvalue weighted by Gasteiger charge is -2.16. The number of aryl methyl sites for hydroxylation is 1. The third-order valence-electron chi connectivity index (χ3n) is 4.13. The van der Waals surface area contributed by atoms with Crippen LogP contribution in [0.1, 0.15) is 30.5 Å². The third kappa shape index (κ3) is 4.30. The van der Waals surface area contributed by atoms with Gasteiger partial charge in [0, 0.05) is 26.4 Å². The highest BCUT2D eigenvalue weighted by atomic mass is 16.5. The summed E-state index contributed by atoms with van der Waals surface area (Å²) < 4.78 is 7.44. The number of carbonyl (C=O) groups excluding carboxylic acids is 1. The molecule has 26 heavy (non-hydrogen) atoms. The Hall–Kier alpha value is -3.09. The number of nitrogens with zero attached hydrogens (tertiary/aromatic N) is 2. The van der Waals surface area contributed by atoms with E-state index in [4.69, 9.17) is 4.74 Å². The molecule has 0 aliphatic rings. The molecule has 1 aromatic carbocycles. The van der Waals surface area contributed by atoms with Crippen LogP contribution in [0.25, 0.3) is 6.08 Å². The van der Waals surface area contributed by atoms with Gasteiger partial charge in [-0.3, -0.25) is 14.2 Å². The molecule has 0 saturated carbocycles. The topological polar surface area (TPSA) is 82.3 Å². The van der Waals surface area contributed by atoms with Crippen LogP contribution in [0.4, 0.5) is 0 Å². The van der Waals surface area contributed by atoms with Crippen molar-refractivity contribution in [2.45, 2.75) is 19.4 Å². The van der Waals surface area contributed by atoms with E-state index in [1.54, 1.807) is 14.2 Å². The maximum atomic E-state index is 12.2. The van der Waals surface area contributed by atoms with Crippen molar-refractivity contribution in [1.82, 2.24) is 14.5 Å². The Bertz CT molecular complexity index is 923. The van der Waals surface area contributed by atoms with E-state index in [1.807, 2.05) is 31.2 Å². The number of nitrogens with one attached hydrogen (secondary N) is 1. The maximum Gasteiger partial charge on any atom is 0.330 e. The van der Waals surface area contributed by atoms with Crippen molar-refractivity contribution in [3.63, 3.8) is 0 Å². The highest BCUT2D eigenvalue weighted by molar-refractivity contribution is 5.91. The SMILES string of the molecule is CC[C@H](NC(=O)/C=C/c1cn(C)c(=O)n(C)c1=O)c1ccc(OC)cc1. The smallest absolute Gasteiger partial charge is 0.330 e. The average Bonchev–Trinajstić information content (AvgIpc) is 2.66. The van der Waals surface area contributed by atoms with Crippen molar-refractivity contribution in [3.8, 4) is 5.75 Å². The maximum absolute atomic E-state index is 12.2. The molecule has 0 saturated heterocycles. The van der Waals surface area contributed by atoms with Gasteiger partial charge in [-0.15, -0.1) is 0 Å². The van der Waals surface area contributed by atoms with Gasteiger partial charge >= 0.3 is 5.69 Å². The van der Waals surface area contributed by atoms with Crippen LogP contribution in [0.15, 0.2) is 46.1 Å². The van der Waals surface area contributed by atoms with Crippen LogP contribution >= 0.6 is 0 Å². The van der Waals surface area contributed by atoms with Crippen LogP contribution < -0.4 is 21.3 Å². The molecular formula is C19H23N3O4. The molecule has 0 radical (unpaired) electrons. The molecule has 1 N–H and O–H groups in total. The fraction of sp³-hybridized carbons (Fsp3) is 0.316. The number of rotatable bonds is 6. The van der Waals surface area contributed by atoms with Crippen molar-refractivity contribution < 1.29 is 9.53 Å². The molecule has 1 aromatic heterocycles. The summed E-state index contributed by atoms with van der Waals surface area (Å²) in [6, 6.07) is 7.34. The first-order valence-corrected chi connectivity index (χ1v) is 8.26. The summed E-state index contributed by atoms with van der Waals surface area (Å²) in [6.07, 6.45) is 4.84. The third-order valence-corrected chi connectivity index (χ3v) is 4.13. The number of hydrogen-bond donors (Lipinski definition) is 1. The number of methoxy groups -OCH3 is 1. The van der Waals surface area contributed by atoms with Gasteiger partial charge in [0.2, 0.25) is 5.91 Å². The molecule has 7 heteroatoms. The normalized spacial score (nSPS) is 12.2. The first-order valence-electron chi connectivity index (χ1n) is 8.26. The number of benzene rings is 1. The van der Waals surface area contributed by atoms with Gasteiger partial charge in [-0.2, -0.15) is 0 Å². The molecule has 1 amide bonds. The van der Waals surface area contributed by atoms with Gasteiger partial charge in [0.25, 0.3) is 5.56 Å². The summed E-state index contributed by atoms with van der Waals surface area (Å²) in [4.78, 5) is 36.0. The summed E-state index contributed by atoms with van der Waals surface area (Å²) in [7, 11) is 4.55. The van der Waals surface area contributed by atoms with Crippen molar-refractivity contribution in [2.75, 3.05) is 7.11 Å². The van der Waals surface area contributed by atoms with Crippen LogP contribution in [-0.4, -0.2) is 22.2 Å². The first-order chi connectivity index (χ1) is 12.4. The van der Waals surface area contributed by atoms with E-state index in [2.05, 4.69) is 5.32 Å². The molecule has 1 atom stereocenters. The number of carbonyl (C=O) groups is 1. The van der Waals surface area contributed by atoms with Crippen molar-refractivity contribution in [3.05, 3.63) is 68.5 Å². The Labute approximate surface area is 151 Å². The van der Waals surface area contributed by atoms with Crippen molar-refractivity contribution in [2.24, 2.45) is 14.1 Å². The van der Waals surface area contributed by atoms with Gasteiger partial charge in [-0.1, -0.05) is 19.1 Å². The lowest BCUT2D eigenvalue weighted by Crippen LogP contribution is -2.37. The second-order valence-electron chi connectivity index (χ2n) is 5.92. The monoisotopic (exact) mass is 357 g/mol. The minimum Gasteiger partial charge on any atom is -0.497 e. The molecule has 1 heterocycles. The second-order valence-corrected chi connectivity index (χ2v) is 5.92. The van der Waals surface area contributed by atoms with Gasteiger partial charge in [-0.05, 0) is 30.2 Å². The second kappa shape index (κ2) is 8.33. The highest BCUT2D eigenvalue weighted by Gasteiger charge is 2.11. The minimum absolute atomic E-state index is 0.152. The summed E-state index contributed by atoms with van der Waals surface area (Å²) in [5.41, 5.74) is 0.372. The van der Waals surface area contributed by atoms with Crippen LogP contribution in [-0.2, 0) is 18.9 Å². The molecule has 0 aliphatic heterocycles. The van der Waals surface area contributed by atoms with Gasteiger partial charge in [0.15, 0.2) is 0 Å². The molecule has 2 rings (SSSR count). The van der Waals surface area contributed by atoms with Crippen LogP contribution in [0, 0.1) is 0 Å². The molecule has 0 unspecified atom stereocenters. The number of amides is 1. The average molecular weight is 357 g/mol. The molecular weight excluding hydrogens is 334 g/mol. The fourth-order valence-corrected chi connectivity index (χ4v) is 2.59. The summed E-state index contributed by atoms with van der Waals surface area (Å²) in [5.74, 6) is 0.434. The Morgan fingerprint density at radius 3 is 2.46 bits per heavy atom. The molecule has 0 spiro atoms. The molecule has 0 aliphatic carbocycles. The molecule has 0 fully saturated rings. The van der Waals surface area contributed by atoms with E-state index in [0.717, 1.165) is 15.9 Å². The lowest BCUT2D eigenvalue weighted by atomic mass is 10.0. The van der Waals surface area contributed by atoms with Crippen LogP contribution in [0.5, 0.6) is 5.75 Å². The number of hydrogen-bond acceptors (Lipinski definition) is 4. The van der Waals surface area contributed by atoms with E-state index in [0.29, 0.717) is 6.42 Å². The predicted octanol–water partition coefficient (Wildman–Crippen LogP) is 1.37. The van der Waals surface area contributed by atoms with Crippen LogP contribution in [0.3, 0.4) is 0 Å². The Morgan fingerprint density at radius 1 is 1.23 bits per heavy atom. The van der Waals surface area contributed by atoms with E-state index >= 15 is 0 Å². The Morgan fingerprint density at radius 2 is 1.88 bits per heavy atom. The van der Waals surface area contributed by atoms with Gasteiger partial charge in [-0.25, -0.2) is 4.79 Å². The molecule has 2 aromatic rings. The zero-order valence-corrected chi connectivity index (χ0v) is 15.4. The largest absolute Gasteiger partial charge is 0.497 e. The Kier molecular flexibility index (Phi) is 6.16. The van der Waals surface area contributed by atoms with Gasteiger partial charge in [0.1, 0.15) is 5.75 Å². The quantitative estimate of drug-likeness (QED) is 0.792. The van der Waals surface area contributed by atoms with E-state index < -0.39 is 11.2 Å². The summed E-state index contributed by atoms with van der Waals surface area (Å²) in [6.45, 7) is 1.97. The highest BCUT2D eigenvalue weighted by Crippen LogP contribution is 2.20. The van der Waals surface area contributed by atoms with Gasteiger partial charge in [0.05, 0.1) is 18.7 Å². The lowest BCUT2D eigenvalue weighted by molar-refractivity contribution is -0.117. The zero-order chi connectivity index (χ0) is 19.3. The van der Waals surface area contributed by atoms with Crippen molar-refractivity contribution in [1.29, 1.82) is 0 Å². The number of ether oxygens (including phenoxy) is 1. The van der Waals surface area contributed by atoms with Gasteiger partial charge < -0.3 is 14.6 Å². The standard InChI is InChI=1S/C19H23N3O4/c1-5-16(13-6-9-15(26-4)10-7-13)20-17(23)11-8-14-12-21(2)19(25)22(3)18(14)24/h6-12,16H,5H2,1-4H3,(H,20,23)/b11-8+/t16-/m0/s1. The predicted molar refractivity (Wildman–Crippen MR) is 100 cm³/mol. The molecule has 7 nitrogen and oxygen atoms in total. The van der Waals surface area contributed by atoms with E-state index in [-0.39, 0.29) is 17.5 Å². The Balaban J connectivity index is 2.15. The van der Waals surface area contributed by atoms with Crippen molar-refractivity contribution >= 4 is 12.0 Å². The summed E-state index contributed by atoms with van der Waals surface area (Å²) >= 11 is 0. The van der Waals surface area contributed by atoms with E-state index in [1.165, 1.54) is 30.0 Å². The first kappa shape index (κ1) is 19.2. The number of aromatic nitrogens is 2. The zero-order valence-electron chi connectivity index (χ0n) is 15.4. The fourth-order valence-electron chi connectivity index (χ4n) is 2.59. The summed E-state index contributed by atoms with van der Waals surface area (Å²) in [5, 5.41) is 2.91. The molecule has 0 bridgehead atoms. The van der Waals surface area contributed by atoms with Crippen LogP contribution in [0.2, 0.25) is 0 Å².